The van der Waals surface area contributed by atoms with Crippen LogP contribution in [0.25, 0.3) is 11.0 Å². The van der Waals surface area contributed by atoms with Crippen LogP contribution in [0.3, 0.4) is 0 Å². The number of nitrogens with zero attached hydrogens (tertiary/aromatic N) is 5. The van der Waals surface area contributed by atoms with Crippen LogP contribution < -0.4 is 10.1 Å². The standard InChI is InChI=1S/C32H39FN6O3/c1-32(2,3)22-5-7-27(33)28(17-22)35-31-36-29-20-25(6-8-30(29)37(31)4)42-26-9-10-34-23(19-26)18-24(41)21-39-13-11-38(12-14-39)15-16-40/h5-10,17,19-20,40H,11-16,18,21H2,1-4H3,(H,35,36). The van der Waals surface area contributed by atoms with Gasteiger partial charge in [0, 0.05) is 58.1 Å². The van der Waals surface area contributed by atoms with Gasteiger partial charge in [-0.05, 0) is 41.3 Å². The van der Waals surface area contributed by atoms with Crippen LogP contribution in [0.2, 0.25) is 0 Å². The number of carbonyl (C=O) groups excluding carboxylic acids is 1. The van der Waals surface area contributed by atoms with E-state index in [9.17, 15) is 9.18 Å². The molecule has 0 aliphatic carbocycles. The summed E-state index contributed by atoms with van der Waals surface area (Å²) in [5, 5.41) is 12.3. The van der Waals surface area contributed by atoms with Gasteiger partial charge < -0.3 is 19.7 Å². The Morgan fingerprint density at radius 3 is 2.50 bits per heavy atom. The molecule has 2 aromatic carbocycles. The number of nitrogens with one attached hydrogen (secondary N) is 1. The van der Waals surface area contributed by atoms with Gasteiger partial charge in [-0.25, -0.2) is 9.37 Å². The first-order valence-corrected chi connectivity index (χ1v) is 14.3. The Kier molecular flexibility index (Phi) is 8.86. The molecule has 0 radical (unpaired) electrons. The van der Waals surface area contributed by atoms with E-state index in [1.807, 2.05) is 41.9 Å². The third-order valence-corrected chi connectivity index (χ3v) is 7.61. The Hall–Kier alpha value is -3.86. The molecule has 0 spiro atoms. The quantitative estimate of drug-likeness (QED) is 0.282. The zero-order valence-corrected chi connectivity index (χ0v) is 24.7. The number of ketones is 1. The zero-order valence-electron chi connectivity index (χ0n) is 24.7. The van der Waals surface area contributed by atoms with E-state index < -0.39 is 0 Å². The van der Waals surface area contributed by atoms with Crippen molar-refractivity contribution in [2.24, 2.45) is 7.05 Å². The summed E-state index contributed by atoms with van der Waals surface area (Å²) in [6.45, 7) is 10.8. The molecule has 222 valence electrons. The summed E-state index contributed by atoms with van der Waals surface area (Å²) in [4.78, 5) is 26.2. The molecule has 1 aliphatic rings. The minimum Gasteiger partial charge on any atom is -0.457 e. The number of β-amino-alcohol motifs (C(OH)–C–C–N with tert-alkyl or cyclic N) is 1. The topological polar surface area (TPSA) is 95.7 Å². The average molecular weight is 575 g/mol. The molecular weight excluding hydrogens is 535 g/mol. The highest BCUT2D eigenvalue weighted by Gasteiger charge is 2.20. The van der Waals surface area contributed by atoms with Crippen molar-refractivity contribution in [1.29, 1.82) is 0 Å². The molecule has 10 heteroatoms. The molecular formula is C32H39FN6O3. The van der Waals surface area contributed by atoms with E-state index in [2.05, 4.69) is 40.9 Å². The minimum absolute atomic E-state index is 0.106. The van der Waals surface area contributed by atoms with Crippen LogP contribution in [0.5, 0.6) is 11.5 Å². The van der Waals surface area contributed by atoms with E-state index in [1.165, 1.54) is 6.07 Å². The lowest BCUT2D eigenvalue weighted by Crippen LogP contribution is -2.48. The molecule has 1 fully saturated rings. The molecule has 2 aromatic heterocycles. The van der Waals surface area contributed by atoms with Gasteiger partial charge in [0.2, 0.25) is 5.95 Å². The third-order valence-electron chi connectivity index (χ3n) is 7.61. The summed E-state index contributed by atoms with van der Waals surface area (Å²) in [6, 6.07) is 14.3. The summed E-state index contributed by atoms with van der Waals surface area (Å²) >= 11 is 0. The highest BCUT2D eigenvalue weighted by molar-refractivity contribution is 5.83. The van der Waals surface area contributed by atoms with Crippen LogP contribution in [0.4, 0.5) is 16.0 Å². The second-order valence-electron chi connectivity index (χ2n) is 11.9. The Balaban J connectivity index is 1.24. The summed E-state index contributed by atoms with van der Waals surface area (Å²) in [5.74, 6) is 1.46. The van der Waals surface area contributed by atoms with E-state index in [4.69, 9.17) is 14.8 Å². The number of imidazole rings is 1. The number of Topliss-reactive ketones (excluding diaryl/α,β-unsaturated/α-hetero) is 1. The molecule has 4 aromatic rings. The number of rotatable bonds is 10. The fraction of sp³-hybridized carbons (Fsp3) is 0.406. The maximum Gasteiger partial charge on any atom is 0.208 e. The molecule has 1 saturated heterocycles. The van der Waals surface area contributed by atoms with Crippen LogP contribution in [-0.2, 0) is 23.7 Å². The first kappa shape index (κ1) is 29.6. The Morgan fingerprint density at radius 1 is 1.02 bits per heavy atom. The normalized spacial score (nSPS) is 14.8. The number of aryl methyl sites for hydroxylation is 1. The van der Waals surface area contributed by atoms with Crippen molar-refractivity contribution < 1.29 is 19.0 Å². The predicted molar refractivity (Wildman–Crippen MR) is 162 cm³/mol. The first-order valence-electron chi connectivity index (χ1n) is 14.3. The zero-order chi connectivity index (χ0) is 29.9. The van der Waals surface area contributed by atoms with Crippen molar-refractivity contribution in [2.75, 3.05) is 51.2 Å². The Bertz CT molecular complexity index is 1560. The van der Waals surface area contributed by atoms with Crippen molar-refractivity contribution in [1.82, 2.24) is 24.3 Å². The smallest absolute Gasteiger partial charge is 0.208 e. The summed E-state index contributed by atoms with van der Waals surface area (Å²) in [7, 11) is 1.88. The number of carbonyl (C=O) groups is 1. The van der Waals surface area contributed by atoms with E-state index in [1.54, 1.807) is 18.3 Å². The summed E-state index contributed by atoms with van der Waals surface area (Å²) < 4.78 is 22.6. The largest absolute Gasteiger partial charge is 0.457 e. The van der Waals surface area contributed by atoms with Crippen molar-refractivity contribution in [3.8, 4) is 11.5 Å². The van der Waals surface area contributed by atoms with E-state index in [-0.39, 0.29) is 30.0 Å². The van der Waals surface area contributed by atoms with Crippen molar-refractivity contribution in [2.45, 2.75) is 32.6 Å². The molecule has 0 saturated carbocycles. The number of ether oxygens (including phenoxy) is 1. The van der Waals surface area contributed by atoms with Gasteiger partial charge in [-0.3, -0.25) is 19.6 Å². The second kappa shape index (κ2) is 12.6. The SMILES string of the molecule is Cn1c(Nc2cc(C(C)(C)C)ccc2F)nc2cc(Oc3ccnc(CC(=O)CN4CCN(CCO)CC4)c3)ccc21. The van der Waals surface area contributed by atoms with Crippen molar-refractivity contribution in [3.05, 3.63) is 71.8 Å². The number of piperazine rings is 1. The van der Waals surface area contributed by atoms with Gasteiger partial charge in [-0.1, -0.05) is 26.8 Å². The third kappa shape index (κ3) is 7.13. The first-order chi connectivity index (χ1) is 20.1. The van der Waals surface area contributed by atoms with Gasteiger partial charge in [0.05, 0.1) is 42.0 Å². The van der Waals surface area contributed by atoms with E-state index >= 15 is 0 Å². The van der Waals surface area contributed by atoms with Gasteiger partial charge >= 0.3 is 0 Å². The number of pyridine rings is 1. The number of aliphatic hydroxyl groups excluding tert-OH is 1. The Morgan fingerprint density at radius 2 is 1.76 bits per heavy atom. The van der Waals surface area contributed by atoms with Crippen LogP contribution in [-0.4, -0.2) is 81.1 Å². The number of halogens is 1. The van der Waals surface area contributed by atoms with Crippen LogP contribution in [0, 0.1) is 5.82 Å². The number of anilines is 2. The molecule has 9 nitrogen and oxygen atoms in total. The molecule has 0 unspecified atom stereocenters. The molecule has 42 heavy (non-hydrogen) atoms. The molecule has 0 amide bonds. The molecule has 1 aliphatic heterocycles. The highest BCUT2D eigenvalue weighted by atomic mass is 19.1. The van der Waals surface area contributed by atoms with Gasteiger partial charge in [0.25, 0.3) is 0 Å². The maximum absolute atomic E-state index is 14.6. The van der Waals surface area contributed by atoms with E-state index in [0.29, 0.717) is 47.4 Å². The van der Waals surface area contributed by atoms with Crippen molar-refractivity contribution >= 4 is 28.5 Å². The van der Waals surface area contributed by atoms with Crippen molar-refractivity contribution in [3.63, 3.8) is 0 Å². The lowest BCUT2D eigenvalue weighted by atomic mass is 9.87. The highest BCUT2D eigenvalue weighted by Crippen LogP contribution is 2.31. The molecule has 0 bridgehead atoms. The fourth-order valence-corrected chi connectivity index (χ4v) is 5.13. The lowest BCUT2D eigenvalue weighted by Gasteiger charge is -2.33. The summed E-state index contributed by atoms with van der Waals surface area (Å²) in [5.41, 5.74) is 3.52. The number of benzene rings is 2. The summed E-state index contributed by atoms with van der Waals surface area (Å²) in [6.07, 6.45) is 1.88. The lowest BCUT2D eigenvalue weighted by molar-refractivity contribution is -0.120. The minimum atomic E-state index is -0.341. The van der Waals surface area contributed by atoms with Gasteiger partial charge in [-0.2, -0.15) is 0 Å². The monoisotopic (exact) mass is 574 g/mol. The molecule has 3 heterocycles. The second-order valence-corrected chi connectivity index (χ2v) is 11.9. The van der Waals surface area contributed by atoms with Gasteiger partial charge in [-0.15, -0.1) is 0 Å². The van der Waals surface area contributed by atoms with Crippen LogP contribution in [0.15, 0.2) is 54.7 Å². The maximum atomic E-state index is 14.6. The van der Waals surface area contributed by atoms with E-state index in [0.717, 1.165) is 37.3 Å². The number of hydrogen-bond acceptors (Lipinski definition) is 8. The molecule has 5 rings (SSSR count). The number of fused-ring (bicyclic) bond motifs is 1. The number of aliphatic hydroxyl groups is 1. The Labute approximate surface area is 245 Å². The number of aromatic nitrogens is 3. The molecule has 2 N–H and O–H groups in total. The van der Waals surface area contributed by atoms with Crippen LogP contribution >= 0.6 is 0 Å². The number of hydrogen-bond donors (Lipinski definition) is 2. The predicted octanol–water partition coefficient (Wildman–Crippen LogP) is 4.66. The van der Waals surface area contributed by atoms with Gasteiger partial charge in [0.15, 0.2) is 5.78 Å². The fourth-order valence-electron chi connectivity index (χ4n) is 5.13. The van der Waals surface area contributed by atoms with Gasteiger partial charge in [0.1, 0.15) is 17.3 Å². The molecule has 0 atom stereocenters. The average Bonchev–Trinajstić information content (AvgIpc) is 3.24. The van der Waals surface area contributed by atoms with Crippen LogP contribution in [0.1, 0.15) is 32.0 Å².